The summed E-state index contributed by atoms with van der Waals surface area (Å²) in [7, 11) is 4.13. The van der Waals surface area contributed by atoms with E-state index in [0.717, 1.165) is 69.2 Å². The van der Waals surface area contributed by atoms with E-state index in [1.54, 1.807) is 0 Å². The van der Waals surface area contributed by atoms with Crippen LogP contribution < -0.4 is 4.90 Å². The largest absolute Gasteiger partial charge is 0.353 e. The SMILES string of the molecule is CCCc1cc(N2CCN(C)[C@@]3(CCC(=O)N(C)CC3)C2)nc(C)n1. The van der Waals surface area contributed by atoms with Crippen LogP contribution in [0.15, 0.2) is 6.07 Å². The van der Waals surface area contributed by atoms with Crippen molar-refractivity contribution in [1.29, 1.82) is 0 Å². The summed E-state index contributed by atoms with van der Waals surface area (Å²) >= 11 is 0. The summed E-state index contributed by atoms with van der Waals surface area (Å²) in [5.74, 6) is 2.17. The number of aromatic nitrogens is 2. The quantitative estimate of drug-likeness (QED) is 0.837. The maximum atomic E-state index is 12.1. The molecule has 138 valence electrons. The Morgan fingerprint density at radius 3 is 2.72 bits per heavy atom. The monoisotopic (exact) mass is 345 g/mol. The van der Waals surface area contributed by atoms with Crippen molar-refractivity contribution in [2.45, 2.75) is 51.5 Å². The highest BCUT2D eigenvalue weighted by molar-refractivity contribution is 5.76. The third-order valence-electron chi connectivity index (χ3n) is 5.85. The number of amides is 1. The van der Waals surface area contributed by atoms with Crippen LogP contribution >= 0.6 is 0 Å². The maximum absolute atomic E-state index is 12.1. The van der Waals surface area contributed by atoms with E-state index in [0.29, 0.717) is 6.42 Å². The number of likely N-dealkylation sites (tertiary alicyclic amines) is 1. The van der Waals surface area contributed by atoms with Gasteiger partial charge in [-0.05, 0) is 33.2 Å². The van der Waals surface area contributed by atoms with E-state index in [9.17, 15) is 4.79 Å². The molecular weight excluding hydrogens is 314 g/mol. The number of likely N-dealkylation sites (N-methyl/N-ethyl adjacent to an activating group) is 1. The van der Waals surface area contributed by atoms with Crippen molar-refractivity contribution in [2.24, 2.45) is 0 Å². The molecule has 2 aliphatic heterocycles. The van der Waals surface area contributed by atoms with Gasteiger partial charge in [-0.25, -0.2) is 9.97 Å². The van der Waals surface area contributed by atoms with Crippen molar-refractivity contribution in [3.05, 3.63) is 17.6 Å². The number of carbonyl (C=O) groups excluding carboxylic acids is 1. The molecule has 0 N–H and O–H groups in total. The Hall–Kier alpha value is -1.69. The standard InChI is InChI=1S/C19H31N5O/c1-5-6-16-13-17(21-15(2)20-16)24-12-11-23(4)19(14-24)8-7-18(25)22(3)10-9-19/h13H,5-12,14H2,1-4H3/t19-/m1/s1. The highest BCUT2D eigenvalue weighted by Gasteiger charge is 2.42. The molecule has 2 aliphatic rings. The fourth-order valence-electron chi connectivity index (χ4n) is 4.11. The number of rotatable bonds is 3. The van der Waals surface area contributed by atoms with Gasteiger partial charge in [-0.15, -0.1) is 0 Å². The van der Waals surface area contributed by atoms with E-state index in [2.05, 4.69) is 34.8 Å². The first-order valence-electron chi connectivity index (χ1n) is 9.48. The van der Waals surface area contributed by atoms with Crippen molar-refractivity contribution in [1.82, 2.24) is 19.8 Å². The van der Waals surface area contributed by atoms with Crippen LogP contribution in [0.25, 0.3) is 0 Å². The molecule has 1 aromatic rings. The molecule has 1 atom stereocenters. The van der Waals surface area contributed by atoms with Crippen molar-refractivity contribution in [2.75, 3.05) is 45.2 Å². The predicted octanol–water partition coefficient (Wildman–Crippen LogP) is 1.87. The Balaban J connectivity index is 1.84. The predicted molar refractivity (Wildman–Crippen MR) is 99.8 cm³/mol. The summed E-state index contributed by atoms with van der Waals surface area (Å²) < 4.78 is 0. The van der Waals surface area contributed by atoms with Gasteiger partial charge < -0.3 is 9.80 Å². The van der Waals surface area contributed by atoms with E-state index in [-0.39, 0.29) is 11.4 Å². The fraction of sp³-hybridized carbons (Fsp3) is 0.737. The van der Waals surface area contributed by atoms with Crippen LogP contribution in [0.1, 0.15) is 44.1 Å². The number of aryl methyl sites for hydroxylation is 2. The summed E-state index contributed by atoms with van der Waals surface area (Å²) in [6.45, 7) is 7.91. The molecule has 0 aromatic carbocycles. The van der Waals surface area contributed by atoms with Gasteiger partial charge in [-0.3, -0.25) is 9.69 Å². The van der Waals surface area contributed by atoms with E-state index in [4.69, 9.17) is 4.98 Å². The fourth-order valence-corrected chi connectivity index (χ4v) is 4.11. The molecule has 6 nitrogen and oxygen atoms in total. The zero-order valence-corrected chi connectivity index (χ0v) is 16.1. The van der Waals surface area contributed by atoms with Crippen LogP contribution in [0.2, 0.25) is 0 Å². The van der Waals surface area contributed by atoms with Gasteiger partial charge in [0.2, 0.25) is 5.91 Å². The average molecular weight is 345 g/mol. The molecule has 0 aliphatic carbocycles. The summed E-state index contributed by atoms with van der Waals surface area (Å²) in [6.07, 6.45) is 4.67. The summed E-state index contributed by atoms with van der Waals surface area (Å²) in [5, 5.41) is 0. The van der Waals surface area contributed by atoms with Gasteiger partial charge in [0.1, 0.15) is 11.6 Å². The van der Waals surface area contributed by atoms with Crippen molar-refractivity contribution in [3.8, 4) is 0 Å². The molecule has 2 saturated heterocycles. The van der Waals surface area contributed by atoms with Crippen molar-refractivity contribution in [3.63, 3.8) is 0 Å². The van der Waals surface area contributed by atoms with Gasteiger partial charge in [-0.2, -0.15) is 0 Å². The van der Waals surface area contributed by atoms with Crippen LogP contribution in [0.5, 0.6) is 0 Å². The molecule has 0 bridgehead atoms. The highest BCUT2D eigenvalue weighted by Crippen LogP contribution is 2.33. The molecule has 1 spiro atoms. The minimum atomic E-state index is 0.0580. The lowest BCUT2D eigenvalue weighted by Gasteiger charge is -2.49. The van der Waals surface area contributed by atoms with E-state index >= 15 is 0 Å². The molecule has 2 fully saturated rings. The molecule has 1 amide bonds. The number of piperazine rings is 1. The van der Waals surface area contributed by atoms with Crippen LogP contribution in [0.3, 0.4) is 0 Å². The highest BCUT2D eigenvalue weighted by atomic mass is 16.2. The van der Waals surface area contributed by atoms with Crippen molar-refractivity contribution >= 4 is 11.7 Å². The third kappa shape index (κ3) is 3.78. The van der Waals surface area contributed by atoms with Crippen LogP contribution in [0.4, 0.5) is 5.82 Å². The minimum Gasteiger partial charge on any atom is -0.353 e. The second kappa shape index (κ2) is 7.28. The van der Waals surface area contributed by atoms with Gasteiger partial charge in [0, 0.05) is 56.9 Å². The Kier molecular flexibility index (Phi) is 5.27. The Morgan fingerprint density at radius 1 is 1.16 bits per heavy atom. The van der Waals surface area contributed by atoms with Gasteiger partial charge in [0.05, 0.1) is 0 Å². The normalized spacial score (nSPS) is 25.5. The molecule has 3 heterocycles. The average Bonchev–Trinajstić information content (AvgIpc) is 2.72. The Labute approximate surface area is 151 Å². The molecule has 0 saturated carbocycles. The lowest BCUT2D eigenvalue weighted by molar-refractivity contribution is -0.129. The molecule has 0 unspecified atom stereocenters. The van der Waals surface area contributed by atoms with Crippen molar-refractivity contribution < 1.29 is 4.79 Å². The molecule has 0 radical (unpaired) electrons. The van der Waals surface area contributed by atoms with Gasteiger partial charge in [0.25, 0.3) is 0 Å². The number of nitrogens with zero attached hydrogens (tertiary/aromatic N) is 5. The Bertz CT molecular complexity index is 634. The number of hydrogen-bond donors (Lipinski definition) is 0. The zero-order chi connectivity index (χ0) is 18.0. The topological polar surface area (TPSA) is 52.6 Å². The summed E-state index contributed by atoms with van der Waals surface area (Å²) in [6, 6.07) is 2.16. The van der Waals surface area contributed by atoms with E-state index in [1.807, 2.05) is 18.9 Å². The van der Waals surface area contributed by atoms with Crippen LogP contribution in [-0.4, -0.2) is 71.5 Å². The zero-order valence-electron chi connectivity index (χ0n) is 16.1. The molecule has 3 rings (SSSR count). The van der Waals surface area contributed by atoms with Crippen LogP contribution in [-0.2, 0) is 11.2 Å². The molecule has 1 aromatic heterocycles. The first-order chi connectivity index (χ1) is 11.9. The van der Waals surface area contributed by atoms with Gasteiger partial charge in [0.15, 0.2) is 0 Å². The number of carbonyl (C=O) groups is 1. The second-order valence-electron chi connectivity index (χ2n) is 7.65. The van der Waals surface area contributed by atoms with E-state index < -0.39 is 0 Å². The lowest BCUT2D eigenvalue weighted by Crippen LogP contribution is -2.61. The summed E-state index contributed by atoms with van der Waals surface area (Å²) in [5.41, 5.74) is 1.19. The maximum Gasteiger partial charge on any atom is 0.222 e. The number of anilines is 1. The Morgan fingerprint density at radius 2 is 1.96 bits per heavy atom. The van der Waals surface area contributed by atoms with E-state index in [1.165, 1.54) is 0 Å². The minimum absolute atomic E-state index is 0.0580. The molecular formula is C19H31N5O. The molecule has 25 heavy (non-hydrogen) atoms. The second-order valence-corrected chi connectivity index (χ2v) is 7.65. The van der Waals surface area contributed by atoms with Gasteiger partial charge in [-0.1, -0.05) is 13.3 Å². The molecule has 6 heteroatoms. The summed E-state index contributed by atoms with van der Waals surface area (Å²) in [4.78, 5) is 28.2. The number of hydrogen-bond acceptors (Lipinski definition) is 5. The first-order valence-corrected chi connectivity index (χ1v) is 9.48. The smallest absolute Gasteiger partial charge is 0.222 e. The van der Waals surface area contributed by atoms with Gasteiger partial charge >= 0.3 is 0 Å². The van der Waals surface area contributed by atoms with Crippen LogP contribution in [0, 0.1) is 6.92 Å². The third-order valence-corrected chi connectivity index (χ3v) is 5.85. The first kappa shape index (κ1) is 18.1. The lowest BCUT2D eigenvalue weighted by atomic mass is 9.86.